The van der Waals surface area contributed by atoms with Gasteiger partial charge in [0.1, 0.15) is 0 Å². The van der Waals surface area contributed by atoms with Gasteiger partial charge in [-0.2, -0.15) is 0 Å². The van der Waals surface area contributed by atoms with Crippen LogP contribution in [0.1, 0.15) is 10.4 Å². The van der Waals surface area contributed by atoms with Crippen molar-refractivity contribution in [3.05, 3.63) is 59.1 Å². The van der Waals surface area contributed by atoms with Gasteiger partial charge in [0.2, 0.25) is 11.8 Å². The summed E-state index contributed by atoms with van der Waals surface area (Å²) in [5.74, 6) is -1.11. The highest BCUT2D eigenvalue weighted by molar-refractivity contribution is 6.31. The minimum Gasteiger partial charge on any atom is -0.378 e. The van der Waals surface area contributed by atoms with E-state index in [2.05, 4.69) is 15.5 Å². The highest BCUT2D eigenvalue weighted by Gasteiger charge is 2.15. The van der Waals surface area contributed by atoms with E-state index in [0.717, 1.165) is 18.8 Å². The third kappa shape index (κ3) is 6.70. The first-order chi connectivity index (χ1) is 14.9. The van der Waals surface area contributed by atoms with Gasteiger partial charge in [0.25, 0.3) is 5.91 Å². The van der Waals surface area contributed by atoms with Crippen LogP contribution in [0.25, 0.3) is 0 Å². The number of carbonyl (C=O) groups excluding carboxylic acids is 3. The minimum absolute atomic E-state index is 0.128. The Morgan fingerprint density at radius 2 is 1.81 bits per heavy atom. The van der Waals surface area contributed by atoms with Crippen molar-refractivity contribution in [2.75, 3.05) is 56.7 Å². The van der Waals surface area contributed by atoms with Gasteiger partial charge in [-0.1, -0.05) is 17.7 Å². The summed E-state index contributed by atoms with van der Waals surface area (Å²) in [4.78, 5) is 40.1. The molecule has 0 spiro atoms. The monoisotopic (exact) mass is 444 g/mol. The lowest BCUT2D eigenvalue weighted by molar-refractivity contribution is -0.132. The Morgan fingerprint density at radius 3 is 2.48 bits per heavy atom. The van der Waals surface area contributed by atoms with Gasteiger partial charge in [-0.05, 0) is 42.5 Å². The van der Waals surface area contributed by atoms with Crippen molar-refractivity contribution in [2.45, 2.75) is 0 Å². The Morgan fingerprint density at radius 1 is 1.10 bits per heavy atom. The normalized spacial score (nSPS) is 13.4. The molecule has 164 valence electrons. The van der Waals surface area contributed by atoms with Crippen molar-refractivity contribution in [2.24, 2.45) is 0 Å². The van der Waals surface area contributed by atoms with Crippen molar-refractivity contribution >= 4 is 40.7 Å². The Balaban J connectivity index is 1.44. The number of ether oxygens (including phenoxy) is 1. The summed E-state index contributed by atoms with van der Waals surface area (Å²) in [6, 6.07) is 14.0. The van der Waals surface area contributed by atoms with Crippen LogP contribution in [0.3, 0.4) is 0 Å². The van der Waals surface area contributed by atoms with Crippen LogP contribution in [0.2, 0.25) is 5.02 Å². The molecule has 0 radical (unpaired) electrons. The molecule has 1 fully saturated rings. The Labute approximate surface area is 186 Å². The average molecular weight is 445 g/mol. The second kappa shape index (κ2) is 10.8. The van der Waals surface area contributed by atoms with Crippen LogP contribution in [-0.4, -0.2) is 69.1 Å². The number of anilines is 2. The average Bonchev–Trinajstić information content (AvgIpc) is 2.78. The number of rotatable bonds is 7. The molecule has 1 aliphatic heterocycles. The number of morpholine rings is 1. The molecule has 3 amide bonds. The molecule has 0 aliphatic carbocycles. The van der Waals surface area contributed by atoms with E-state index in [9.17, 15) is 14.4 Å². The fourth-order valence-corrected chi connectivity index (χ4v) is 3.29. The van der Waals surface area contributed by atoms with Gasteiger partial charge in [0.15, 0.2) is 0 Å². The fraction of sp³-hybridized carbons (Fsp3) is 0.318. The third-order valence-corrected chi connectivity index (χ3v) is 5.06. The smallest absolute Gasteiger partial charge is 0.251 e. The molecule has 2 N–H and O–H groups in total. The zero-order chi connectivity index (χ0) is 22.2. The first-order valence-corrected chi connectivity index (χ1v) is 10.3. The van der Waals surface area contributed by atoms with Crippen LogP contribution >= 0.6 is 11.6 Å². The molecule has 0 atom stereocenters. The van der Waals surface area contributed by atoms with E-state index in [4.69, 9.17) is 16.3 Å². The topological polar surface area (TPSA) is 91.0 Å². The van der Waals surface area contributed by atoms with E-state index in [1.807, 2.05) is 24.3 Å². The summed E-state index contributed by atoms with van der Waals surface area (Å²) in [5.41, 5.74) is 2.09. The zero-order valence-electron chi connectivity index (χ0n) is 17.3. The third-order valence-electron chi connectivity index (χ3n) is 4.82. The number of hydrogen-bond donors (Lipinski definition) is 2. The molecule has 0 bridgehead atoms. The lowest BCUT2D eigenvalue weighted by Gasteiger charge is -2.28. The number of nitrogens with zero attached hydrogens (tertiary/aromatic N) is 2. The molecule has 2 aromatic rings. The van der Waals surface area contributed by atoms with Crippen LogP contribution < -0.4 is 15.5 Å². The van der Waals surface area contributed by atoms with E-state index >= 15 is 0 Å². The molecule has 31 heavy (non-hydrogen) atoms. The van der Waals surface area contributed by atoms with Gasteiger partial charge in [-0.25, -0.2) is 0 Å². The molecule has 1 aliphatic rings. The van der Waals surface area contributed by atoms with Crippen LogP contribution in [0, 0.1) is 0 Å². The van der Waals surface area contributed by atoms with Crippen molar-refractivity contribution in [3.63, 3.8) is 0 Å². The first kappa shape index (κ1) is 22.6. The molecule has 1 saturated heterocycles. The molecule has 1 heterocycles. The fourth-order valence-electron chi connectivity index (χ4n) is 3.10. The molecular weight excluding hydrogens is 420 g/mol. The number of hydrogen-bond acceptors (Lipinski definition) is 5. The molecule has 0 aromatic heterocycles. The number of halogens is 1. The van der Waals surface area contributed by atoms with Crippen molar-refractivity contribution < 1.29 is 19.1 Å². The summed E-state index contributed by atoms with van der Waals surface area (Å²) in [6.45, 7) is 2.75. The number of nitrogens with one attached hydrogen (secondary N) is 2. The predicted molar refractivity (Wildman–Crippen MR) is 120 cm³/mol. The van der Waals surface area contributed by atoms with E-state index in [1.54, 1.807) is 18.2 Å². The largest absolute Gasteiger partial charge is 0.378 e. The van der Waals surface area contributed by atoms with Crippen molar-refractivity contribution in [1.29, 1.82) is 0 Å². The van der Waals surface area contributed by atoms with E-state index < -0.39 is 5.91 Å². The Bertz CT molecular complexity index is 929. The van der Waals surface area contributed by atoms with Crippen molar-refractivity contribution in [1.82, 2.24) is 10.2 Å². The molecule has 2 aromatic carbocycles. The van der Waals surface area contributed by atoms with Crippen LogP contribution in [0.5, 0.6) is 0 Å². The van der Waals surface area contributed by atoms with Gasteiger partial charge >= 0.3 is 0 Å². The summed E-state index contributed by atoms with van der Waals surface area (Å²) in [6.07, 6.45) is 0. The lowest BCUT2D eigenvalue weighted by atomic mass is 10.2. The van der Waals surface area contributed by atoms with Crippen LogP contribution in [-0.2, 0) is 14.3 Å². The maximum atomic E-state index is 12.3. The Hall–Kier alpha value is -3.10. The van der Waals surface area contributed by atoms with Crippen molar-refractivity contribution in [3.8, 4) is 0 Å². The molecule has 3 rings (SSSR count). The summed E-state index contributed by atoms with van der Waals surface area (Å²) >= 11 is 5.87. The van der Waals surface area contributed by atoms with Gasteiger partial charge in [0, 0.05) is 42.1 Å². The molecule has 0 saturated carbocycles. The number of benzene rings is 2. The maximum absolute atomic E-state index is 12.3. The SMILES string of the molecule is CN(CC(=O)Nc1ccc(N2CCOCC2)cc1)C(=O)CNC(=O)c1cccc(Cl)c1. The van der Waals surface area contributed by atoms with Crippen LogP contribution in [0.15, 0.2) is 48.5 Å². The molecule has 9 heteroatoms. The first-order valence-electron chi connectivity index (χ1n) is 9.93. The highest BCUT2D eigenvalue weighted by atomic mass is 35.5. The zero-order valence-corrected chi connectivity index (χ0v) is 18.0. The second-order valence-electron chi connectivity index (χ2n) is 7.14. The predicted octanol–water partition coefficient (Wildman–Crippen LogP) is 2.00. The number of amides is 3. The standard InChI is InChI=1S/C22H25ClN4O4/c1-26(21(29)14-24-22(30)16-3-2-4-17(23)13-16)15-20(28)25-18-5-7-19(8-6-18)27-9-11-31-12-10-27/h2-8,13H,9-12,14-15H2,1H3,(H,24,30)(H,25,28). The summed E-state index contributed by atoms with van der Waals surface area (Å²) < 4.78 is 5.35. The Kier molecular flexibility index (Phi) is 7.86. The molecule has 8 nitrogen and oxygen atoms in total. The molecular formula is C22H25ClN4O4. The van der Waals surface area contributed by atoms with Gasteiger partial charge < -0.3 is 25.2 Å². The number of likely N-dealkylation sites (N-methyl/N-ethyl adjacent to an activating group) is 1. The lowest BCUT2D eigenvalue weighted by Crippen LogP contribution is -2.41. The minimum atomic E-state index is -0.408. The van der Waals surface area contributed by atoms with E-state index in [1.165, 1.54) is 18.0 Å². The second-order valence-corrected chi connectivity index (χ2v) is 7.57. The number of carbonyl (C=O) groups is 3. The van der Waals surface area contributed by atoms with Gasteiger partial charge in [-0.3, -0.25) is 14.4 Å². The van der Waals surface area contributed by atoms with Gasteiger partial charge in [0.05, 0.1) is 26.3 Å². The summed E-state index contributed by atoms with van der Waals surface area (Å²) in [5, 5.41) is 5.75. The van der Waals surface area contributed by atoms with E-state index in [0.29, 0.717) is 29.5 Å². The quantitative estimate of drug-likeness (QED) is 0.681. The summed E-state index contributed by atoms with van der Waals surface area (Å²) in [7, 11) is 1.51. The molecule has 0 unspecified atom stereocenters. The van der Waals surface area contributed by atoms with Gasteiger partial charge in [-0.15, -0.1) is 0 Å². The highest BCUT2D eigenvalue weighted by Crippen LogP contribution is 2.19. The van der Waals surface area contributed by atoms with Crippen LogP contribution in [0.4, 0.5) is 11.4 Å². The maximum Gasteiger partial charge on any atom is 0.251 e. The van der Waals surface area contributed by atoms with E-state index in [-0.39, 0.29) is 24.9 Å².